The predicted molar refractivity (Wildman–Crippen MR) is 121 cm³/mol. The van der Waals surface area contributed by atoms with Crippen LogP contribution in [0.1, 0.15) is 32.6 Å². The van der Waals surface area contributed by atoms with Crippen molar-refractivity contribution in [2.45, 2.75) is 13.3 Å². The van der Waals surface area contributed by atoms with Crippen LogP contribution in [0.4, 0.5) is 8.78 Å². The van der Waals surface area contributed by atoms with Gasteiger partial charge in [-0.05, 0) is 65.6 Å². The number of carbonyl (C=O) groups excluding carboxylic acids is 1. The number of Topliss-reactive ketones (excluding diaryl/α,β-unsaturated/α-hetero) is 1. The lowest BCUT2D eigenvalue weighted by molar-refractivity contribution is 0.0985. The molecule has 0 bridgehead atoms. The summed E-state index contributed by atoms with van der Waals surface area (Å²) in [5.74, 6) is 3.99. The minimum absolute atomic E-state index is 0.0757. The Bertz CT molecular complexity index is 1310. The zero-order valence-electron chi connectivity index (χ0n) is 17.4. The Morgan fingerprint density at radius 2 is 1.59 bits per heavy atom. The van der Waals surface area contributed by atoms with Gasteiger partial charge >= 0.3 is 0 Å². The minimum atomic E-state index is -0.841. The van der Waals surface area contributed by atoms with Gasteiger partial charge in [0.25, 0.3) is 0 Å². The minimum Gasteiger partial charge on any atom is -0.294 e. The molecular weight excluding hydrogens is 404 g/mol. The van der Waals surface area contributed by atoms with E-state index in [9.17, 15) is 13.6 Å². The van der Waals surface area contributed by atoms with E-state index in [0.29, 0.717) is 5.56 Å². The van der Waals surface area contributed by atoms with Crippen LogP contribution in [0.3, 0.4) is 0 Å². The Labute approximate surface area is 185 Å². The Kier molecular flexibility index (Phi) is 6.19. The average molecular weight is 423 g/mol. The molecule has 0 spiro atoms. The fourth-order valence-electron chi connectivity index (χ4n) is 3.43. The number of ketones is 1. The molecule has 0 aliphatic rings. The Morgan fingerprint density at radius 1 is 0.875 bits per heavy atom. The maximum atomic E-state index is 13.9. The maximum absolute atomic E-state index is 13.9. The van der Waals surface area contributed by atoms with Gasteiger partial charge in [-0.2, -0.15) is 0 Å². The van der Waals surface area contributed by atoms with Crippen molar-refractivity contribution < 1.29 is 13.6 Å². The van der Waals surface area contributed by atoms with Crippen LogP contribution in [0.2, 0.25) is 0 Å². The first-order valence-electron chi connectivity index (χ1n) is 10.1. The van der Waals surface area contributed by atoms with Gasteiger partial charge in [-0.3, -0.25) is 9.78 Å². The molecule has 0 aliphatic heterocycles. The molecule has 4 aromatic rings. The van der Waals surface area contributed by atoms with Crippen LogP contribution < -0.4 is 0 Å². The van der Waals surface area contributed by atoms with Crippen LogP contribution in [0.15, 0.2) is 85.2 Å². The number of rotatable bonds is 4. The Balaban J connectivity index is 1.55. The van der Waals surface area contributed by atoms with Crippen molar-refractivity contribution in [1.29, 1.82) is 0 Å². The molecule has 0 amide bonds. The van der Waals surface area contributed by atoms with E-state index < -0.39 is 23.0 Å². The fourth-order valence-corrected chi connectivity index (χ4v) is 3.43. The number of aryl methyl sites for hydroxylation is 1. The van der Waals surface area contributed by atoms with Crippen LogP contribution in [0.25, 0.3) is 11.1 Å². The third-order valence-electron chi connectivity index (χ3n) is 5.12. The Morgan fingerprint density at radius 3 is 2.28 bits per heavy atom. The van der Waals surface area contributed by atoms with E-state index in [1.807, 2.05) is 49.4 Å². The molecule has 1 aromatic heterocycles. The van der Waals surface area contributed by atoms with E-state index in [0.717, 1.165) is 39.9 Å². The number of aromatic nitrogens is 1. The predicted octanol–water partition coefficient (Wildman–Crippen LogP) is 6.16. The van der Waals surface area contributed by atoms with Crippen LogP contribution in [-0.4, -0.2) is 10.8 Å². The summed E-state index contributed by atoms with van der Waals surface area (Å²) in [6.07, 6.45) is 3.35. The number of hydrogen-bond acceptors (Lipinski definition) is 2. The van der Waals surface area contributed by atoms with Crippen molar-refractivity contribution in [2.24, 2.45) is 0 Å². The number of hydrogen-bond donors (Lipinski definition) is 0. The zero-order chi connectivity index (χ0) is 22.5. The van der Waals surface area contributed by atoms with Gasteiger partial charge in [-0.15, -0.1) is 0 Å². The number of pyridine rings is 1. The maximum Gasteiger partial charge on any atom is 0.173 e. The molecule has 0 unspecified atom stereocenters. The topological polar surface area (TPSA) is 30.0 Å². The monoisotopic (exact) mass is 423 g/mol. The van der Waals surface area contributed by atoms with Crippen LogP contribution in [0.5, 0.6) is 0 Å². The molecule has 156 valence electrons. The zero-order valence-corrected chi connectivity index (χ0v) is 17.4. The highest BCUT2D eigenvalue weighted by molar-refractivity contribution is 5.98. The number of nitrogens with zero attached hydrogens (tertiary/aromatic N) is 1. The summed E-state index contributed by atoms with van der Waals surface area (Å²) in [4.78, 5) is 16.5. The van der Waals surface area contributed by atoms with Crippen molar-refractivity contribution in [3.8, 4) is 23.0 Å². The molecule has 0 aliphatic carbocycles. The van der Waals surface area contributed by atoms with E-state index >= 15 is 0 Å². The van der Waals surface area contributed by atoms with E-state index in [4.69, 9.17) is 0 Å². The van der Waals surface area contributed by atoms with E-state index in [-0.39, 0.29) is 6.42 Å². The Hall–Kier alpha value is -4.10. The summed E-state index contributed by atoms with van der Waals surface area (Å²) in [5, 5.41) is 0. The van der Waals surface area contributed by atoms with Crippen LogP contribution >= 0.6 is 0 Å². The molecule has 4 rings (SSSR count). The second-order valence-corrected chi connectivity index (χ2v) is 7.41. The molecule has 4 heteroatoms. The molecule has 3 aromatic carbocycles. The molecular formula is C28H19F2NO. The number of benzene rings is 3. The molecule has 0 saturated heterocycles. The summed E-state index contributed by atoms with van der Waals surface area (Å²) in [7, 11) is 0. The van der Waals surface area contributed by atoms with E-state index in [2.05, 4.69) is 16.8 Å². The molecule has 0 radical (unpaired) electrons. The van der Waals surface area contributed by atoms with Gasteiger partial charge in [0, 0.05) is 29.9 Å². The van der Waals surface area contributed by atoms with Gasteiger partial charge in [-0.1, -0.05) is 48.2 Å². The largest absolute Gasteiger partial charge is 0.294 e. The van der Waals surface area contributed by atoms with Crippen molar-refractivity contribution in [3.05, 3.63) is 125 Å². The lowest BCUT2D eigenvalue weighted by atomic mass is 9.95. The summed E-state index contributed by atoms with van der Waals surface area (Å²) >= 11 is 0. The van der Waals surface area contributed by atoms with Gasteiger partial charge in [0.05, 0.1) is 5.56 Å². The fraction of sp³-hybridized carbons (Fsp3) is 0.0714. The molecule has 1 heterocycles. The first kappa shape index (κ1) is 21.1. The third-order valence-corrected chi connectivity index (χ3v) is 5.12. The van der Waals surface area contributed by atoms with Gasteiger partial charge < -0.3 is 0 Å². The molecule has 32 heavy (non-hydrogen) atoms. The highest BCUT2D eigenvalue weighted by Gasteiger charge is 2.17. The second kappa shape index (κ2) is 9.36. The lowest BCUT2D eigenvalue weighted by Crippen LogP contribution is -2.09. The molecule has 2 nitrogen and oxygen atoms in total. The normalized spacial score (nSPS) is 10.3. The molecule has 0 atom stereocenters. The highest BCUT2D eigenvalue weighted by Crippen LogP contribution is 2.25. The van der Waals surface area contributed by atoms with Crippen LogP contribution in [0, 0.1) is 30.4 Å². The second-order valence-electron chi connectivity index (χ2n) is 7.41. The quantitative estimate of drug-likeness (QED) is 0.291. The first-order valence-corrected chi connectivity index (χ1v) is 10.1. The van der Waals surface area contributed by atoms with Crippen molar-refractivity contribution in [3.63, 3.8) is 0 Å². The third kappa shape index (κ3) is 4.79. The summed E-state index contributed by atoms with van der Waals surface area (Å²) in [5.41, 5.74) is 5.01. The van der Waals surface area contributed by atoms with Crippen molar-refractivity contribution in [2.75, 3.05) is 0 Å². The van der Waals surface area contributed by atoms with E-state index in [1.54, 1.807) is 24.5 Å². The number of carbonyl (C=O) groups is 1. The molecule has 0 saturated carbocycles. The smallest absolute Gasteiger partial charge is 0.173 e. The summed E-state index contributed by atoms with van der Waals surface area (Å²) < 4.78 is 27.7. The van der Waals surface area contributed by atoms with Crippen molar-refractivity contribution in [1.82, 2.24) is 4.98 Å². The number of halogens is 2. The molecule has 0 N–H and O–H groups in total. The summed E-state index contributed by atoms with van der Waals surface area (Å²) in [6.45, 7) is 2.02. The average Bonchev–Trinajstić information content (AvgIpc) is 2.80. The molecule has 0 fully saturated rings. The summed E-state index contributed by atoms with van der Waals surface area (Å²) in [6, 6.07) is 20.6. The first-order chi connectivity index (χ1) is 15.5. The van der Waals surface area contributed by atoms with Gasteiger partial charge in [-0.25, -0.2) is 8.78 Å². The standard InChI is InChI=1S/C28H19F2NO/c1-19-7-8-20(9-10-22-4-3-15-31-18-22)16-24(19)23-13-11-21(12-14-23)17-27(32)28-25(29)5-2-6-26(28)30/h2-8,11-16,18H,17H2,1H3. The SMILES string of the molecule is Cc1ccc(C#Cc2cccnc2)cc1-c1ccc(CC(=O)c2c(F)cccc2F)cc1. The van der Waals surface area contributed by atoms with Crippen molar-refractivity contribution >= 4 is 5.78 Å². The lowest BCUT2D eigenvalue weighted by Gasteiger charge is -2.09. The van der Waals surface area contributed by atoms with Gasteiger partial charge in [0.2, 0.25) is 0 Å². The highest BCUT2D eigenvalue weighted by atomic mass is 19.1. The van der Waals surface area contributed by atoms with E-state index in [1.165, 1.54) is 6.07 Å². The van der Waals surface area contributed by atoms with Crippen LogP contribution in [-0.2, 0) is 6.42 Å². The van der Waals surface area contributed by atoms with Gasteiger partial charge in [0.15, 0.2) is 5.78 Å². The van der Waals surface area contributed by atoms with Gasteiger partial charge in [0.1, 0.15) is 11.6 Å².